The summed E-state index contributed by atoms with van der Waals surface area (Å²) in [4.78, 5) is 0. The molecule has 0 aliphatic heterocycles. The molecule has 0 aromatic rings. The summed E-state index contributed by atoms with van der Waals surface area (Å²) >= 11 is 0. The van der Waals surface area contributed by atoms with Gasteiger partial charge in [-0.1, -0.05) is 6.42 Å². The molecule has 0 spiro atoms. The van der Waals surface area contributed by atoms with E-state index in [0.29, 0.717) is 33.0 Å². The minimum absolute atomic E-state index is 0.114. The highest BCUT2D eigenvalue weighted by Gasteiger charge is 2.39. The van der Waals surface area contributed by atoms with E-state index in [1.165, 1.54) is 0 Å². The Kier molecular flexibility index (Phi) is 17.1. The molecule has 26 heavy (non-hydrogen) atoms. The smallest absolute Gasteiger partial charge is 0.385 e. The topological polar surface area (TPSA) is 55.4 Å². The molecule has 0 aliphatic carbocycles. The van der Waals surface area contributed by atoms with E-state index in [9.17, 15) is 0 Å². The van der Waals surface area contributed by atoms with Gasteiger partial charge in [-0.15, -0.1) is 0 Å². The van der Waals surface area contributed by atoms with Crippen LogP contribution < -0.4 is 0 Å². The third-order valence-electron chi connectivity index (χ3n) is 3.95. The zero-order valence-electron chi connectivity index (χ0n) is 17.9. The largest absolute Gasteiger partial charge is 0.500 e. The van der Waals surface area contributed by atoms with Gasteiger partial charge in [-0.3, -0.25) is 0 Å². The van der Waals surface area contributed by atoms with Crippen molar-refractivity contribution in [2.24, 2.45) is 0 Å². The Hall–Kier alpha value is -0.0231. The molecular weight excluding hydrogens is 352 g/mol. The molecule has 0 aromatic heterocycles. The molecule has 0 saturated carbocycles. The Morgan fingerprint density at radius 2 is 1.35 bits per heavy atom. The lowest BCUT2D eigenvalue weighted by atomic mass is 10.2. The maximum absolute atomic E-state index is 5.90. The van der Waals surface area contributed by atoms with E-state index in [4.69, 9.17) is 27.5 Å². The number of unbranched alkanes of at least 4 members (excludes halogenated alkanes) is 1. The molecule has 7 heteroatoms. The predicted molar refractivity (Wildman–Crippen MR) is 107 cm³/mol. The average molecular weight is 395 g/mol. The molecular formula is C19H42O6Si. The van der Waals surface area contributed by atoms with E-state index < -0.39 is 8.80 Å². The molecule has 2 atom stereocenters. The van der Waals surface area contributed by atoms with Crippen molar-refractivity contribution in [3.05, 3.63) is 0 Å². The summed E-state index contributed by atoms with van der Waals surface area (Å²) in [7, 11) is -0.791. The first kappa shape index (κ1) is 26.0. The summed E-state index contributed by atoms with van der Waals surface area (Å²) in [6, 6.07) is 0.869. The minimum Gasteiger partial charge on any atom is -0.385 e. The van der Waals surface area contributed by atoms with Gasteiger partial charge < -0.3 is 27.5 Å². The molecule has 0 fully saturated rings. The first-order valence-electron chi connectivity index (χ1n) is 10.2. The van der Waals surface area contributed by atoms with Gasteiger partial charge in [0.25, 0.3) is 0 Å². The Balaban J connectivity index is 3.95. The van der Waals surface area contributed by atoms with Gasteiger partial charge >= 0.3 is 8.80 Å². The molecule has 0 heterocycles. The fraction of sp³-hybridized carbons (Fsp3) is 1.00. The molecule has 0 aromatic carbocycles. The van der Waals surface area contributed by atoms with Gasteiger partial charge in [-0.25, -0.2) is 0 Å². The van der Waals surface area contributed by atoms with Gasteiger partial charge in [0.2, 0.25) is 0 Å². The number of methoxy groups -OCH3 is 1. The number of hydrogen-bond acceptors (Lipinski definition) is 6. The number of rotatable bonds is 19. The lowest BCUT2D eigenvalue weighted by molar-refractivity contribution is -0.0372. The van der Waals surface area contributed by atoms with E-state index >= 15 is 0 Å². The van der Waals surface area contributed by atoms with E-state index in [0.717, 1.165) is 38.3 Å². The maximum Gasteiger partial charge on any atom is 0.500 e. The maximum atomic E-state index is 5.90. The molecule has 2 unspecified atom stereocenters. The second-order valence-electron chi connectivity index (χ2n) is 6.40. The van der Waals surface area contributed by atoms with Crippen molar-refractivity contribution in [3.63, 3.8) is 0 Å². The highest BCUT2D eigenvalue weighted by molar-refractivity contribution is 6.60. The van der Waals surface area contributed by atoms with Crippen molar-refractivity contribution in [2.75, 3.05) is 46.8 Å². The Labute approximate surface area is 162 Å². The third kappa shape index (κ3) is 13.2. The first-order chi connectivity index (χ1) is 12.5. The van der Waals surface area contributed by atoms with Crippen LogP contribution in [0.2, 0.25) is 6.04 Å². The van der Waals surface area contributed by atoms with Crippen LogP contribution in [0.5, 0.6) is 0 Å². The number of hydrogen-bond donors (Lipinski definition) is 0. The quantitative estimate of drug-likeness (QED) is 0.243. The zero-order chi connectivity index (χ0) is 19.7. The van der Waals surface area contributed by atoms with Crippen LogP contribution in [-0.4, -0.2) is 67.8 Å². The standard InChI is InChI=1S/C19H42O6Si/c1-7-23-26(24-8-2,25-9-3)16-11-10-13-18(4)22-17-19(5)21-15-12-14-20-6/h18-19H,7-17H2,1-6H3. The fourth-order valence-electron chi connectivity index (χ4n) is 2.69. The van der Waals surface area contributed by atoms with Crippen LogP contribution in [0.4, 0.5) is 0 Å². The monoisotopic (exact) mass is 394 g/mol. The summed E-state index contributed by atoms with van der Waals surface area (Å²) in [5.41, 5.74) is 0. The van der Waals surface area contributed by atoms with Gasteiger partial charge in [0, 0.05) is 46.2 Å². The molecule has 0 N–H and O–H groups in total. The van der Waals surface area contributed by atoms with Crippen molar-refractivity contribution in [1.29, 1.82) is 0 Å². The Morgan fingerprint density at radius 3 is 1.88 bits per heavy atom. The average Bonchev–Trinajstić information content (AvgIpc) is 2.61. The summed E-state index contributed by atoms with van der Waals surface area (Å²) < 4.78 is 34.3. The fourth-order valence-corrected chi connectivity index (χ4v) is 5.38. The summed E-state index contributed by atoms with van der Waals surface area (Å²) in [5.74, 6) is 0. The van der Waals surface area contributed by atoms with E-state index in [2.05, 4.69) is 6.92 Å². The molecule has 0 amide bonds. The summed E-state index contributed by atoms with van der Waals surface area (Å²) in [5, 5.41) is 0. The molecule has 0 aliphatic rings. The van der Waals surface area contributed by atoms with Gasteiger partial charge in [0.05, 0.1) is 18.8 Å². The normalized spacial score (nSPS) is 14.5. The lowest BCUT2D eigenvalue weighted by Gasteiger charge is -2.28. The third-order valence-corrected chi connectivity index (χ3v) is 7.10. The van der Waals surface area contributed by atoms with Gasteiger partial charge in [0.1, 0.15) is 0 Å². The van der Waals surface area contributed by atoms with E-state index in [1.54, 1.807) is 7.11 Å². The Bertz CT molecular complexity index is 289. The summed E-state index contributed by atoms with van der Waals surface area (Å²) in [6.07, 6.45) is 4.38. The molecule has 0 bridgehead atoms. The van der Waals surface area contributed by atoms with Crippen LogP contribution in [0, 0.1) is 0 Å². The first-order valence-corrected chi connectivity index (χ1v) is 12.1. The second kappa shape index (κ2) is 17.1. The van der Waals surface area contributed by atoms with Crippen LogP contribution in [0.25, 0.3) is 0 Å². The highest BCUT2D eigenvalue weighted by atomic mass is 28.4. The van der Waals surface area contributed by atoms with Gasteiger partial charge in [-0.2, -0.15) is 0 Å². The van der Waals surface area contributed by atoms with Crippen LogP contribution in [0.3, 0.4) is 0 Å². The van der Waals surface area contributed by atoms with E-state index in [-0.39, 0.29) is 12.2 Å². The zero-order valence-corrected chi connectivity index (χ0v) is 18.9. The van der Waals surface area contributed by atoms with Gasteiger partial charge in [0.15, 0.2) is 0 Å². The van der Waals surface area contributed by atoms with Crippen molar-refractivity contribution in [3.8, 4) is 0 Å². The van der Waals surface area contributed by atoms with Crippen molar-refractivity contribution in [1.82, 2.24) is 0 Å². The molecule has 6 nitrogen and oxygen atoms in total. The molecule has 0 rings (SSSR count). The van der Waals surface area contributed by atoms with Crippen LogP contribution in [-0.2, 0) is 27.5 Å². The van der Waals surface area contributed by atoms with Crippen molar-refractivity contribution < 1.29 is 27.5 Å². The van der Waals surface area contributed by atoms with Crippen LogP contribution in [0.15, 0.2) is 0 Å². The summed E-state index contributed by atoms with van der Waals surface area (Å²) in [6.45, 7) is 14.1. The Morgan fingerprint density at radius 1 is 0.731 bits per heavy atom. The minimum atomic E-state index is -2.50. The highest BCUT2D eigenvalue weighted by Crippen LogP contribution is 2.20. The van der Waals surface area contributed by atoms with E-state index in [1.807, 2.05) is 27.7 Å². The lowest BCUT2D eigenvalue weighted by Crippen LogP contribution is -2.45. The SMILES string of the molecule is CCO[Si](CCCCC(C)OCC(C)OCCCOC)(OCC)OCC. The molecule has 0 radical (unpaired) electrons. The van der Waals surface area contributed by atoms with Crippen LogP contribution >= 0.6 is 0 Å². The number of ether oxygens (including phenoxy) is 3. The van der Waals surface area contributed by atoms with Crippen molar-refractivity contribution in [2.45, 2.75) is 78.6 Å². The van der Waals surface area contributed by atoms with Crippen LogP contribution in [0.1, 0.15) is 60.3 Å². The van der Waals surface area contributed by atoms with Gasteiger partial charge in [-0.05, 0) is 53.9 Å². The van der Waals surface area contributed by atoms with Crippen molar-refractivity contribution >= 4 is 8.80 Å². The predicted octanol–water partition coefficient (Wildman–Crippen LogP) is 4.05. The molecule has 0 saturated heterocycles. The second-order valence-corrected chi connectivity index (χ2v) is 9.13. The molecule has 158 valence electrons.